The van der Waals surface area contributed by atoms with E-state index in [-0.39, 0.29) is 17.2 Å². The second-order valence-corrected chi connectivity index (χ2v) is 7.42. The van der Waals surface area contributed by atoms with Gasteiger partial charge in [0, 0.05) is 30.9 Å². The minimum atomic E-state index is -0.984. The molecule has 1 unspecified atom stereocenters. The summed E-state index contributed by atoms with van der Waals surface area (Å²) >= 11 is 0. The molecule has 0 saturated carbocycles. The van der Waals surface area contributed by atoms with E-state index in [1.165, 1.54) is 0 Å². The zero-order valence-electron chi connectivity index (χ0n) is 16.8. The highest BCUT2D eigenvalue weighted by atomic mass is 16.4. The number of nitrogens with zero attached hydrogens (tertiary/aromatic N) is 3. The first-order chi connectivity index (χ1) is 13.9. The summed E-state index contributed by atoms with van der Waals surface area (Å²) in [6, 6.07) is 10.5. The van der Waals surface area contributed by atoms with E-state index in [9.17, 15) is 14.7 Å². The third-order valence-electron chi connectivity index (χ3n) is 5.47. The number of hydrogen-bond acceptors (Lipinski definition) is 5. The second kappa shape index (κ2) is 7.24. The Morgan fingerprint density at radius 1 is 1.28 bits per heavy atom. The van der Waals surface area contributed by atoms with Crippen LogP contribution in [0.25, 0.3) is 10.9 Å². The lowest BCUT2D eigenvalue weighted by atomic mass is 10.0. The van der Waals surface area contributed by atoms with Crippen molar-refractivity contribution in [1.29, 1.82) is 0 Å². The molecule has 0 aliphatic carbocycles. The van der Waals surface area contributed by atoms with Crippen molar-refractivity contribution < 1.29 is 9.90 Å². The van der Waals surface area contributed by atoms with Gasteiger partial charge in [0.25, 0.3) is 5.56 Å². The number of rotatable bonds is 5. The van der Waals surface area contributed by atoms with Crippen LogP contribution in [0.1, 0.15) is 41.4 Å². The van der Waals surface area contributed by atoms with Crippen LogP contribution in [0.2, 0.25) is 0 Å². The van der Waals surface area contributed by atoms with Crippen LogP contribution in [0.4, 0.5) is 11.6 Å². The maximum atomic E-state index is 13.1. The maximum Gasteiger partial charge on any atom is 0.337 e. The predicted molar refractivity (Wildman–Crippen MR) is 114 cm³/mol. The number of benzene rings is 2. The highest BCUT2D eigenvalue weighted by Gasteiger charge is 2.24. The van der Waals surface area contributed by atoms with E-state index in [2.05, 4.69) is 17.1 Å². The van der Waals surface area contributed by atoms with Crippen LogP contribution in [0.3, 0.4) is 0 Å². The molecule has 2 N–H and O–H groups in total. The molecule has 7 heteroatoms. The minimum Gasteiger partial charge on any atom is -0.478 e. The molecule has 0 bridgehead atoms. The summed E-state index contributed by atoms with van der Waals surface area (Å²) in [5.74, 6) is -0.282. The fourth-order valence-electron chi connectivity index (χ4n) is 3.99. The van der Waals surface area contributed by atoms with E-state index < -0.39 is 5.97 Å². The number of anilines is 2. The van der Waals surface area contributed by atoms with Crippen LogP contribution >= 0.6 is 0 Å². The molecule has 1 atom stereocenters. The van der Waals surface area contributed by atoms with Crippen molar-refractivity contribution in [3.05, 3.63) is 63.4 Å². The third kappa shape index (κ3) is 3.22. The number of carboxylic acid groups (broad SMARTS) is 1. The van der Waals surface area contributed by atoms with Crippen molar-refractivity contribution >= 4 is 28.5 Å². The highest BCUT2D eigenvalue weighted by Crippen LogP contribution is 2.29. The maximum absolute atomic E-state index is 13.1. The first-order valence-corrected chi connectivity index (χ1v) is 9.79. The standard InChI is InChI=1S/C22H24N4O3/c1-4-25-9-10-26-20(27)17-12-13(2)11-16(19(17)24-22(25)26)14(3)23-18-8-6-5-7-15(18)21(28)29/h5-8,11-12,14,23H,4,9-10H2,1-3H3,(H,28,29). The van der Waals surface area contributed by atoms with Crippen LogP contribution in [-0.4, -0.2) is 33.7 Å². The summed E-state index contributed by atoms with van der Waals surface area (Å²) in [5.41, 5.74) is 3.24. The normalized spacial score (nSPS) is 14.1. The number of aromatic nitrogens is 2. The van der Waals surface area contributed by atoms with Crippen molar-refractivity contribution in [2.45, 2.75) is 33.4 Å². The van der Waals surface area contributed by atoms with E-state index in [0.717, 1.165) is 24.2 Å². The first kappa shape index (κ1) is 19.0. The Hall–Kier alpha value is -3.35. The van der Waals surface area contributed by atoms with E-state index in [1.807, 2.05) is 26.0 Å². The van der Waals surface area contributed by atoms with Crippen LogP contribution in [0.5, 0.6) is 0 Å². The lowest BCUT2D eigenvalue weighted by Crippen LogP contribution is -2.23. The number of hydrogen-bond donors (Lipinski definition) is 2. The number of aromatic carboxylic acids is 1. The van der Waals surface area contributed by atoms with Gasteiger partial charge >= 0.3 is 5.97 Å². The zero-order chi connectivity index (χ0) is 20.7. The molecule has 29 heavy (non-hydrogen) atoms. The summed E-state index contributed by atoms with van der Waals surface area (Å²) in [6.07, 6.45) is 0. The predicted octanol–water partition coefficient (Wildman–Crippen LogP) is 3.42. The lowest BCUT2D eigenvalue weighted by Gasteiger charge is -2.21. The van der Waals surface area contributed by atoms with Gasteiger partial charge in [0.2, 0.25) is 5.95 Å². The third-order valence-corrected chi connectivity index (χ3v) is 5.47. The van der Waals surface area contributed by atoms with Crippen molar-refractivity contribution in [3.8, 4) is 0 Å². The first-order valence-electron chi connectivity index (χ1n) is 9.79. The molecule has 1 aliphatic heterocycles. The molecule has 1 aliphatic rings. The van der Waals surface area contributed by atoms with Gasteiger partial charge in [0.05, 0.1) is 22.5 Å². The SMILES string of the molecule is CCN1CCn2c1nc1c(C(C)Nc3ccccc3C(=O)O)cc(C)cc1c2=O. The number of carbonyl (C=O) groups is 1. The Morgan fingerprint density at radius 3 is 2.76 bits per heavy atom. The van der Waals surface area contributed by atoms with Gasteiger partial charge < -0.3 is 15.3 Å². The largest absolute Gasteiger partial charge is 0.478 e. The number of carboxylic acids is 1. The molecule has 4 rings (SSSR count). The van der Waals surface area contributed by atoms with Crippen molar-refractivity contribution in [1.82, 2.24) is 9.55 Å². The Balaban J connectivity index is 1.85. The Labute approximate surface area is 168 Å². The summed E-state index contributed by atoms with van der Waals surface area (Å²) in [6.45, 7) is 8.18. The van der Waals surface area contributed by atoms with Gasteiger partial charge in [-0.05, 0) is 44.5 Å². The van der Waals surface area contributed by atoms with Gasteiger partial charge in [-0.15, -0.1) is 0 Å². The number of nitrogens with one attached hydrogen (secondary N) is 1. The molecular weight excluding hydrogens is 368 g/mol. The molecule has 7 nitrogen and oxygen atoms in total. The minimum absolute atomic E-state index is 0.0240. The molecule has 0 fully saturated rings. The topological polar surface area (TPSA) is 87.5 Å². The van der Waals surface area contributed by atoms with E-state index in [0.29, 0.717) is 29.1 Å². The number of fused-ring (bicyclic) bond motifs is 2. The van der Waals surface area contributed by atoms with Gasteiger partial charge in [0.15, 0.2) is 0 Å². The molecule has 0 amide bonds. The lowest BCUT2D eigenvalue weighted by molar-refractivity contribution is 0.0698. The van der Waals surface area contributed by atoms with Gasteiger partial charge in [-0.1, -0.05) is 18.2 Å². The van der Waals surface area contributed by atoms with Crippen LogP contribution < -0.4 is 15.8 Å². The molecule has 0 spiro atoms. The number of para-hydroxylation sites is 1. The van der Waals surface area contributed by atoms with E-state index in [1.54, 1.807) is 28.8 Å². The van der Waals surface area contributed by atoms with Crippen molar-refractivity contribution in [2.75, 3.05) is 23.3 Å². The average Bonchev–Trinajstić information content (AvgIpc) is 3.11. The van der Waals surface area contributed by atoms with Crippen LogP contribution in [0.15, 0.2) is 41.2 Å². The Morgan fingerprint density at radius 2 is 2.03 bits per heavy atom. The van der Waals surface area contributed by atoms with Crippen LogP contribution in [0, 0.1) is 6.92 Å². The van der Waals surface area contributed by atoms with Gasteiger partial charge in [0.1, 0.15) is 0 Å². The summed E-state index contributed by atoms with van der Waals surface area (Å²) in [4.78, 5) is 31.6. The molecule has 1 aromatic heterocycles. The Kier molecular flexibility index (Phi) is 4.74. The fraction of sp³-hybridized carbons (Fsp3) is 0.318. The zero-order valence-corrected chi connectivity index (χ0v) is 16.8. The monoisotopic (exact) mass is 392 g/mol. The van der Waals surface area contributed by atoms with Gasteiger partial charge in [-0.3, -0.25) is 9.36 Å². The van der Waals surface area contributed by atoms with Gasteiger partial charge in [-0.25, -0.2) is 9.78 Å². The summed E-state index contributed by atoms with van der Waals surface area (Å²) in [5, 5.41) is 13.4. The van der Waals surface area contributed by atoms with E-state index >= 15 is 0 Å². The molecular formula is C22H24N4O3. The number of aryl methyl sites for hydroxylation is 1. The summed E-state index contributed by atoms with van der Waals surface area (Å²) in [7, 11) is 0. The highest BCUT2D eigenvalue weighted by molar-refractivity contribution is 5.94. The molecule has 2 heterocycles. The summed E-state index contributed by atoms with van der Waals surface area (Å²) < 4.78 is 1.74. The van der Waals surface area contributed by atoms with Crippen LogP contribution in [-0.2, 0) is 6.54 Å². The molecule has 0 saturated heterocycles. The molecule has 3 aromatic rings. The average molecular weight is 392 g/mol. The number of likely N-dealkylation sites (N-methyl/N-ethyl adjacent to an activating group) is 1. The van der Waals surface area contributed by atoms with Gasteiger partial charge in [-0.2, -0.15) is 0 Å². The van der Waals surface area contributed by atoms with Crippen molar-refractivity contribution in [2.24, 2.45) is 0 Å². The molecule has 0 radical (unpaired) electrons. The van der Waals surface area contributed by atoms with Crippen molar-refractivity contribution in [3.63, 3.8) is 0 Å². The van der Waals surface area contributed by atoms with E-state index in [4.69, 9.17) is 4.98 Å². The Bertz CT molecular complexity index is 1170. The molecule has 2 aromatic carbocycles. The smallest absolute Gasteiger partial charge is 0.337 e. The second-order valence-electron chi connectivity index (χ2n) is 7.42. The molecule has 150 valence electrons. The fourth-order valence-corrected chi connectivity index (χ4v) is 3.99. The quantitative estimate of drug-likeness (QED) is 0.692.